The molecule has 4 rings (SSSR count). The van der Waals surface area contributed by atoms with Gasteiger partial charge in [-0.3, -0.25) is 13.9 Å². The van der Waals surface area contributed by atoms with Crippen LogP contribution in [-0.4, -0.2) is 33.3 Å². The SMILES string of the molecule is Cn1c(=O)c2c(nc(S(=O)(=O)Cc3ccc(C4(C(F)(F)F)NN4)cc3)n2C)n(C)c1=O. The molecule has 1 fully saturated rings. The molecule has 1 aliphatic rings. The van der Waals surface area contributed by atoms with E-state index in [-0.39, 0.29) is 22.3 Å². The van der Waals surface area contributed by atoms with E-state index in [1.165, 1.54) is 45.4 Å². The molecule has 0 amide bonds. The predicted molar refractivity (Wildman–Crippen MR) is 103 cm³/mol. The number of rotatable bonds is 4. The average Bonchev–Trinajstić information content (AvgIpc) is 3.43. The quantitative estimate of drug-likeness (QED) is 0.515. The van der Waals surface area contributed by atoms with Gasteiger partial charge in [-0.2, -0.15) is 18.2 Å². The summed E-state index contributed by atoms with van der Waals surface area (Å²) in [6, 6.07) is 4.92. The van der Waals surface area contributed by atoms with Crippen LogP contribution in [0.1, 0.15) is 11.1 Å². The molecule has 0 saturated carbocycles. The van der Waals surface area contributed by atoms with Gasteiger partial charge in [0.1, 0.15) is 0 Å². The molecule has 0 bridgehead atoms. The Morgan fingerprint density at radius 2 is 1.58 bits per heavy atom. The van der Waals surface area contributed by atoms with E-state index in [9.17, 15) is 31.2 Å². The molecule has 14 heteroatoms. The molecule has 1 aromatic carbocycles. The molecule has 3 aromatic rings. The van der Waals surface area contributed by atoms with Crippen molar-refractivity contribution >= 4 is 21.0 Å². The van der Waals surface area contributed by atoms with Crippen LogP contribution in [0.5, 0.6) is 0 Å². The fourth-order valence-corrected chi connectivity index (χ4v) is 4.92. The van der Waals surface area contributed by atoms with Gasteiger partial charge in [-0.15, -0.1) is 0 Å². The van der Waals surface area contributed by atoms with Crippen molar-refractivity contribution in [3.8, 4) is 0 Å². The minimum atomic E-state index is -4.57. The second-order valence-corrected chi connectivity index (χ2v) is 9.17. The first kappa shape index (κ1) is 21.3. The van der Waals surface area contributed by atoms with Crippen molar-refractivity contribution in [1.29, 1.82) is 0 Å². The van der Waals surface area contributed by atoms with Gasteiger partial charge < -0.3 is 4.57 Å². The molecule has 2 N–H and O–H groups in total. The number of alkyl halides is 3. The zero-order valence-electron chi connectivity index (χ0n) is 16.5. The first-order valence-corrected chi connectivity index (χ1v) is 10.5. The number of hydrazine groups is 1. The predicted octanol–water partition coefficient (Wildman–Crippen LogP) is -0.232. The molecule has 0 radical (unpaired) electrons. The number of benzene rings is 1. The number of sulfone groups is 1. The molecule has 1 aliphatic heterocycles. The summed E-state index contributed by atoms with van der Waals surface area (Å²) in [5, 5.41) is -0.429. The van der Waals surface area contributed by atoms with Crippen LogP contribution in [0.3, 0.4) is 0 Å². The summed E-state index contributed by atoms with van der Waals surface area (Å²) in [6.45, 7) is 0. The number of aryl methyl sites for hydroxylation is 2. The molecule has 10 nitrogen and oxygen atoms in total. The lowest BCUT2D eigenvalue weighted by molar-refractivity contribution is -0.165. The minimum Gasteiger partial charge on any atom is -0.312 e. The van der Waals surface area contributed by atoms with E-state index >= 15 is 0 Å². The van der Waals surface area contributed by atoms with Crippen molar-refractivity contribution < 1.29 is 21.6 Å². The highest BCUT2D eigenvalue weighted by Gasteiger charge is 2.65. The molecule has 0 spiro atoms. The highest BCUT2D eigenvalue weighted by molar-refractivity contribution is 7.90. The van der Waals surface area contributed by atoms with Gasteiger partial charge in [-0.25, -0.2) is 24.1 Å². The van der Waals surface area contributed by atoms with Crippen molar-refractivity contribution in [2.75, 3.05) is 0 Å². The van der Waals surface area contributed by atoms with Crippen molar-refractivity contribution in [2.45, 2.75) is 22.7 Å². The number of imidazole rings is 1. The molecule has 0 unspecified atom stereocenters. The maximum Gasteiger partial charge on any atom is 0.426 e. The number of nitrogens with one attached hydrogen (secondary N) is 2. The smallest absolute Gasteiger partial charge is 0.312 e. The number of hydrogen-bond acceptors (Lipinski definition) is 7. The second kappa shape index (κ2) is 6.51. The fraction of sp³-hybridized carbons (Fsp3) is 0.353. The third-order valence-electron chi connectivity index (χ3n) is 5.26. The number of hydrogen-bond donors (Lipinski definition) is 2. The van der Waals surface area contributed by atoms with E-state index < -0.39 is 43.8 Å². The lowest BCUT2D eigenvalue weighted by atomic mass is 10.0. The largest absolute Gasteiger partial charge is 0.426 e. The third kappa shape index (κ3) is 3.09. The summed E-state index contributed by atoms with van der Waals surface area (Å²) in [6.07, 6.45) is -4.57. The van der Waals surface area contributed by atoms with Crippen LogP contribution in [0.2, 0.25) is 0 Å². The van der Waals surface area contributed by atoms with E-state index in [1.54, 1.807) is 0 Å². The number of aromatic nitrogens is 4. The number of halogens is 3. The van der Waals surface area contributed by atoms with E-state index in [2.05, 4.69) is 15.8 Å². The Kier molecular flexibility index (Phi) is 4.47. The zero-order chi connectivity index (χ0) is 22.9. The van der Waals surface area contributed by atoms with Crippen LogP contribution in [0.4, 0.5) is 13.2 Å². The van der Waals surface area contributed by atoms with Gasteiger partial charge in [0.2, 0.25) is 20.7 Å². The molecule has 0 atom stereocenters. The first-order chi connectivity index (χ1) is 14.3. The highest BCUT2D eigenvalue weighted by atomic mass is 32.2. The van der Waals surface area contributed by atoms with E-state index in [1.807, 2.05) is 0 Å². The Morgan fingerprint density at radius 1 is 1.00 bits per heavy atom. The summed E-state index contributed by atoms with van der Waals surface area (Å²) < 4.78 is 68.4. The van der Waals surface area contributed by atoms with Crippen LogP contribution in [0, 0.1) is 0 Å². The Bertz CT molecular complexity index is 1430. The molecule has 31 heavy (non-hydrogen) atoms. The van der Waals surface area contributed by atoms with Crippen LogP contribution in [0.25, 0.3) is 11.2 Å². The van der Waals surface area contributed by atoms with Gasteiger partial charge in [0, 0.05) is 21.1 Å². The van der Waals surface area contributed by atoms with Crippen LogP contribution in [0.15, 0.2) is 39.0 Å². The number of nitrogens with zero attached hydrogens (tertiary/aromatic N) is 4. The van der Waals surface area contributed by atoms with E-state index in [0.29, 0.717) is 0 Å². The van der Waals surface area contributed by atoms with E-state index in [0.717, 1.165) is 13.7 Å². The van der Waals surface area contributed by atoms with E-state index in [4.69, 9.17) is 0 Å². The van der Waals surface area contributed by atoms with Gasteiger partial charge >= 0.3 is 11.9 Å². The summed E-state index contributed by atoms with van der Waals surface area (Å²) >= 11 is 0. The molecular weight excluding hydrogens is 441 g/mol. The zero-order valence-corrected chi connectivity index (χ0v) is 17.3. The Balaban J connectivity index is 1.72. The topological polar surface area (TPSA) is 140 Å². The molecule has 166 valence electrons. The Labute approximate surface area is 172 Å². The molecule has 1 saturated heterocycles. The Hall–Kier alpha value is -2.97. The molecule has 0 aliphatic carbocycles. The number of fused-ring (bicyclic) bond motifs is 1. The van der Waals surface area contributed by atoms with Gasteiger partial charge in [0.15, 0.2) is 11.2 Å². The van der Waals surface area contributed by atoms with Gasteiger partial charge in [0.25, 0.3) is 5.56 Å². The van der Waals surface area contributed by atoms with Crippen molar-refractivity contribution in [3.63, 3.8) is 0 Å². The Morgan fingerprint density at radius 3 is 2.10 bits per heavy atom. The highest BCUT2D eigenvalue weighted by Crippen LogP contribution is 2.42. The maximum absolute atomic E-state index is 13.2. The van der Waals surface area contributed by atoms with Crippen LogP contribution in [-0.2, 0) is 42.4 Å². The van der Waals surface area contributed by atoms with Crippen molar-refractivity contribution in [2.24, 2.45) is 21.1 Å². The molecule has 3 heterocycles. The summed E-state index contributed by atoms with van der Waals surface area (Å²) in [5.74, 6) is -0.557. The average molecular weight is 458 g/mol. The normalized spacial score (nSPS) is 16.1. The molecular formula is C17H17F3N6O4S. The van der Waals surface area contributed by atoms with Crippen molar-refractivity contribution in [1.82, 2.24) is 29.5 Å². The second-order valence-electron chi connectivity index (χ2n) is 7.29. The summed E-state index contributed by atoms with van der Waals surface area (Å²) in [4.78, 5) is 28.5. The minimum absolute atomic E-state index is 0.0588. The van der Waals surface area contributed by atoms with Crippen LogP contribution < -0.4 is 22.1 Å². The maximum atomic E-state index is 13.2. The summed E-state index contributed by atoms with van der Waals surface area (Å²) in [5.41, 5.74) is 0.440. The lowest BCUT2D eigenvalue weighted by Crippen LogP contribution is -2.37. The lowest BCUT2D eigenvalue weighted by Gasteiger charge is -2.16. The van der Waals surface area contributed by atoms with Crippen LogP contribution >= 0.6 is 0 Å². The first-order valence-electron chi connectivity index (χ1n) is 8.86. The monoisotopic (exact) mass is 458 g/mol. The van der Waals surface area contributed by atoms with Gasteiger partial charge in [-0.1, -0.05) is 24.3 Å². The summed E-state index contributed by atoms with van der Waals surface area (Å²) in [7, 11) is -0.118. The van der Waals surface area contributed by atoms with Gasteiger partial charge in [0.05, 0.1) is 5.75 Å². The van der Waals surface area contributed by atoms with Crippen molar-refractivity contribution in [3.05, 3.63) is 56.2 Å². The molecule has 2 aromatic heterocycles. The van der Waals surface area contributed by atoms with Gasteiger partial charge in [-0.05, 0) is 11.1 Å². The third-order valence-corrected chi connectivity index (χ3v) is 6.89. The standard InChI is InChI=1S/C17H17F3N6O4S/c1-24-11-12(25(2)15(28)26(3)13(11)27)21-14(24)31(29,30)8-9-4-6-10(7-5-9)16(22-23-16)17(18,19)20/h4-7,22-23H,8H2,1-3H3. The fourth-order valence-electron chi connectivity index (χ4n) is 3.42.